The molecule has 0 saturated carbocycles. The summed E-state index contributed by atoms with van der Waals surface area (Å²) < 4.78 is 2.03. The van der Waals surface area contributed by atoms with Crippen LogP contribution in [0, 0.1) is 0 Å². The normalized spacial score (nSPS) is 18.6. The van der Waals surface area contributed by atoms with Crippen LogP contribution in [0.1, 0.15) is 13.3 Å². The smallest absolute Gasteiger partial charge is 0.270 e. The first-order valence-corrected chi connectivity index (χ1v) is 3.52. The van der Waals surface area contributed by atoms with Gasteiger partial charge in [-0.15, -0.1) is 0 Å². The van der Waals surface area contributed by atoms with E-state index in [4.69, 9.17) is 0 Å². The van der Waals surface area contributed by atoms with E-state index in [1.807, 2.05) is 18.0 Å². The Bertz CT molecular complexity index is 174. The van der Waals surface area contributed by atoms with E-state index in [-0.39, 0.29) is 5.91 Å². The predicted molar refractivity (Wildman–Crippen MR) is 39.1 cm³/mol. The first-order valence-electron chi connectivity index (χ1n) is 3.52. The fourth-order valence-corrected chi connectivity index (χ4v) is 1.08. The zero-order chi connectivity index (χ0) is 7.56. The van der Waals surface area contributed by atoms with Crippen LogP contribution in [0.2, 0.25) is 0 Å². The Balaban J connectivity index is 2.62. The van der Waals surface area contributed by atoms with Gasteiger partial charge < -0.3 is 0 Å². The van der Waals surface area contributed by atoms with Crippen LogP contribution in [0.15, 0.2) is 0 Å². The third kappa shape index (κ3) is 1.56. The van der Waals surface area contributed by atoms with Crippen LogP contribution in [0.5, 0.6) is 0 Å². The Kier molecular flexibility index (Phi) is 2.04. The minimum atomic E-state index is 0.131. The molecular weight excluding hydrogens is 128 g/mol. The van der Waals surface area contributed by atoms with Crippen LogP contribution < -0.4 is 0 Å². The summed E-state index contributed by atoms with van der Waals surface area (Å²) in [5.74, 6) is 0.131. The van der Waals surface area contributed by atoms with E-state index in [1.54, 1.807) is 11.8 Å². The molecule has 0 saturated heterocycles. The van der Waals surface area contributed by atoms with Crippen LogP contribution in [-0.4, -0.2) is 41.9 Å². The van der Waals surface area contributed by atoms with E-state index in [0.29, 0.717) is 0 Å². The van der Waals surface area contributed by atoms with Gasteiger partial charge in [-0.25, -0.2) is 9.69 Å². The Morgan fingerprint density at radius 3 is 2.80 bits per heavy atom. The van der Waals surface area contributed by atoms with Crippen LogP contribution in [0.3, 0.4) is 0 Å². The second-order valence-corrected chi connectivity index (χ2v) is 2.66. The molecule has 0 aromatic carbocycles. The van der Waals surface area contributed by atoms with Crippen LogP contribution in [0.25, 0.3) is 0 Å². The number of carbonyl (C=O) groups is 1. The van der Waals surface area contributed by atoms with Crippen molar-refractivity contribution in [2.75, 3.05) is 20.1 Å². The zero-order valence-corrected chi connectivity index (χ0v) is 6.50. The average molecular weight is 141 g/mol. The van der Waals surface area contributed by atoms with Gasteiger partial charge in [-0.3, -0.25) is 4.58 Å². The van der Waals surface area contributed by atoms with Crippen LogP contribution >= 0.6 is 0 Å². The molecule has 56 valence electrons. The van der Waals surface area contributed by atoms with Gasteiger partial charge in [0, 0.05) is 13.3 Å². The van der Waals surface area contributed by atoms with Gasteiger partial charge in [0.1, 0.15) is 0 Å². The number of nitrogens with zero attached hydrogens (tertiary/aromatic N) is 2. The molecule has 3 heteroatoms. The minimum absolute atomic E-state index is 0.131. The van der Waals surface area contributed by atoms with Crippen molar-refractivity contribution in [1.29, 1.82) is 0 Å². The lowest BCUT2D eigenvalue weighted by Crippen LogP contribution is -2.37. The topological polar surface area (TPSA) is 23.3 Å². The van der Waals surface area contributed by atoms with E-state index < -0.39 is 0 Å². The van der Waals surface area contributed by atoms with E-state index in [0.717, 1.165) is 19.5 Å². The average Bonchev–Trinajstić information content (AvgIpc) is 1.88. The van der Waals surface area contributed by atoms with Gasteiger partial charge >= 0.3 is 5.91 Å². The van der Waals surface area contributed by atoms with E-state index in [1.165, 1.54) is 0 Å². The zero-order valence-electron chi connectivity index (χ0n) is 6.50. The summed E-state index contributed by atoms with van der Waals surface area (Å²) in [4.78, 5) is 12.6. The molecule has 0 aromatic heterocycles. The van der Waals surface area contributed by atoms with Crippen molar-refractivity contribution in [2.45, 2.75) is 13.3 Å². The van der Waals surface area contributed by atoms with Gasteiger partial charge in [0.15, 0.2) is 0 Å². The molecule has 1 amide bonds. The van der Waals surface area contributed by atoms with E-state index >= 15 is 0 Å². The number of rotatable bonds is 0. The second kappa shape index (κ2) is 2.82. The Morgan fingerprint density at radius 2 is 2.40 bits per heavy atom. The molecule has 0 aromatic rings. The summed E-state index contributed by atoms with van der Waals surface area (Å²) in [6.45, 7) is 3.53. The van der Waals surface area contributed by atoms with Gasteiger partial charge in [0.05, 0.1) is 20.1 Å². The predicted octanol–water partition coefficient (Wildman–Crippen LogP) is -0.0908. The molecule has 0 fully saturated rings. The highest BCUT2D eigenvalue weighted by Gasteiger charge is 2.17. The van der Waals surface area contributed by atoms with Crippen molar-refractivity contribution in [1.82, 2.24) is 4.90 Å². The third-order valence-electron chi connectivity index (χ3n) is 1.65. The summed E-state index contributed by atoms with van der Waals surface area (Å²) >= 11 is 0. The fourth-order valence-electron chi connectivity index (χ4n) is 1.08. The molecule has 1 aliphatic rings. The van der Waals surface area contributed by atoms with Crippen molar-refractivity contribution in [2.24, 2.45) is 0 Å². The van der Waals surface area contributed by atoms with Gasteiger partial charge in [-0.05, 0) is 0 Å². The summed E-state index contributed by atoms with van der Waals surface area (Å²) in [6, 6.07) is 0. The number of hydrogen-bond donors (Lipinski definition) is 0. The molecule has 1 aliphatic heterocycles. The lowest BCUT2D eigenvalue weighted by atomic mass is 10.3. The fraction of sp³-hybridized carbons (Fsp3) is 0.714. The Labute approximate surface area is 60.9 Å². The molecule has 0 unspecified atom stereocenters. The number of hydrogen-bond acceptors (Lipinski definition) is 1. The lowest BCUT2D eigenvalue weighted by Gasteiger charge is -2.14. The van der Waals surface area contributed by atoms with Crippen molar-refractivity contribution in [3.63, 3.8) is 0 Å². The van der Waals surface area contributed by atoms with Gasteiger partial charge in [-0.2, -0.15) is 0 Å². The Hall–Kier alpha value is -0.860. The number of amides is 1. The summed E-state index contributed by atoms with van der Waals surface area (Å²) in [6.07, 6.45) is 2.94. The third-order valence-corrected chi connectivity index (χ3v) is 1.65. The Morgan fingerprint density at radius 1 is 1.70 bits per heavy atom. The maximum atomic E-state index is 10.8. The molecule has 0 aliphatic carbocycles. The monoisotopic (exact) mass is 141 g/mol. The van der Waals surface area contributed by atoms with Crippen molar-refractivity contribution >= 4 is 12.2 Å². The van der Waals surface area contributed by atoms with Crippen molar-refractivity contribution in [3.05, 3.63) is 0 Å². The van der Waals surface area contributed by atoms with Gasteiger partial charge in [0.2, 0.25) is 6.34 Å². The van der Waals surface area contributed by atoms with E-state index in [2.05, 4.69) is 0 Å². The molecule has 1 rings (SSSR count). The summed E-state index contributed by atoms with van der Waals surface area (Å²) in [5, 5.41) is 0. The van der Waals surface area contributed by atoms with Crippen LogP contribution in [0.4, 0.5) is 0 Å². The van der Waals surface area contributed by atoms with Crippen LogP contribution in [-0.2, 0) is 4.79 Å². The highest BCUT2D eigenvalue weighted by molar-refractivity contribution is 5.84. The molecule has 3 nitrogen and oxygen atoms in total. The molecule has 10 heavy (non-hydrogen) atoms. The van der Waals surface area contributed by atoms with Crippen molar-refractivity contribution in [3.8, 4) is 0 Å². The quantitative estimate of drug-likeness (QED) is 0.432. The maximum Gasteiger partial charge on any atom is 0.306 e. The highest BCUT2D eigenvalue weighted by atomic mass is 16.2. The first-order chi connectivity index (χ1) is 4.70. The largest absolute Gasteiger partial charge is 0.306 e. The molecule has 0 atom stereocenters. The lowest BCUT2D eigenvalue weighted by molar-refractivity contribution is -0.502. The highest BCUT2D eigenvalue weighted by Crippen LogP contribution is 1.94. The standard InChI is InChI=1S/C7H13N2O/c1-7(10)9-5-3-4-8(2)6-9/h6H,3-5H2,1-2H3/q+1. The molecule has 1 heterocycles. The maximum absolute atomic E-state index is 10.8. The SMILES string of the molecule is CC(=O)N1C=[N+](C)CCC1. The molecule has 0 spiro atoms. The second-order valence-electron chi connectivity index (χ2n) is 2.66. The molecule has 0 bridgehead atoms. The molecule has 0 radical (unpaired) electrons. The van der Waals surface area contributed by atoms with E-state index in [9.17, 15) is 4.79 Å². The minimum Gasteiger partial charge on any atom is -0.270 e. The number of carbonyl (C=O) groups excluding carboxylic acids is 1. The summed E-state index contributed by atoms with van der Waals surface area (Å²) in [5.41, 5.74) is 0. The summed E-state index contributed by atoms with van der Waals surface area (Å²) in [7, 11) is 1.98. The molecule has 0 N–H and O–H groups in total. The van der Waals surface area contributed by atoms with Gasteiger partial charge in [-0.1, -0.05) is 0 Å². The van der Waals surface area contributed by atoms with Crippen molar-refractivity contribution < 1.29 is 9.37 Å². The first kappa shape index (κ1) is 7.25. The van der Waals surface area contributed by atoms with Gasteiger partial charge in [0.25, 0.3) is 0 Å². The molecular formula is C7H13N2O+.